The normalized spacial score (nSPS) is 19.3. The van der Waals surface area contributed by atoms with Gasteiger partial charge in [0.1, 0.15) is 0 Å². The molecule has 0 spiro atoms. The van der Waals surface area contributed by atoms with Crippen molar-refractivity contribution in [3.63, 3.8) is 0 Å². The molecule has 0 aliphatic carbocycles. The summed E-state index contributed by atoms with van der Waals surface area (Å²) in [5.74, 6) is 0.728. The Labute approximate surface area is 95.7 Å². The molecule has 0 aromatic carbocycles. The standard InChI is InChI=1S/C8H12N4.2ClH/c1-3-10-8(11-4-1)12-7-2-5-9-6-7;;/h1,3-4,7,9H,2,5-6H2,(H,10,11,12);2*1H. The second kappa shape index (κ2) is 6.81. The average Bonchev–Trinajstić information content (AvgIpc) is 2.59. The molecular formula is C8H14Cl2N4. The van der Waals surface area contributed by atoms with E-state index in [1.807, 2.05) is 6.07 Å². The minimum Gasteiger partial charge on any atom is -0.350 e. The van der Waals surface area contributed by atoms with Gasteiger partial charge in [-0.05, 0) is 19.0 Å². The molecule has 0 radical (unpaired) electrons. The van der Waals surface area contributed by atoms with Crippen LogP contribution < -0.4 is 10.6 Å². The molecule has 1 unspecified atom stereocenters. The molecule has 1 aliphatic rings. The van der Waals surface area contributed by atoms with Gasteiger partial charge in [0.05, 0.1) is 0 Å². The molecule has 2 heterocycles. The maximum absolute atomic E-state index is 4.09. The van der Waals surface area contributed by atoms with Crippen LogP contribution in [0.1, 0.15) is 6.42 Å². The second-order valence-corrected chi connectivity index (χ2v) is 2.91. The second-order valence-electron chi connectivity index (χ2n) is 2.91. The first-order chi connectivity index (χ1) is 5.95. The molecular weight excluding hydrogens is 223 g/mol. The summed E-state index contributed by atoms with van der Waals surface area (Å²) in [6, 6.07) is 2.31. The van der Waals surface area contributed by atoms with Gasteiger partial charge in [0.25, 0.3) is 0 Å². The summed E-state index contributed by atoms with van der Waals surface area (Å²) in [6.07, 6.45) is 4.65. The van der Waals surface area contributed by atoms with Gasteiger partial charge in [-0.15, -0.1) is 24.8 Å². The first kappa shape index (κ1) is 13.4. The molecule has 1 saturated heterocycles. The van der Waals surface area contributed by atoms with E-state index in [2.05, 4.69) is 20.6 Å². The van der Waals surface area contributed by atoms with Crippen molar-refractivity contribution >= 4 is 30.8 Å². The van der Waals surface area contributed by atoms with Crippen molar-refractivity contribution in [2.75, 3.05) is 18.4 Å². The van der Waals surface area contributed by atoms with Crippen molar-refractivity contribution in [1.82, 2.24) is 15.3 Å². The van der Waals surface area contributed by atoms with E-state index < -0.39 is 0 Å². The highest BCUT2D eigenvalue weighted by atomic mass is 35.5. The molecule has 14 heavy (non-hydrogen) atoms. The lowest BCUT2D eigenvalue weighted by Gasteiger charge is -2.09. The summed E-state index contributed by atoms with van der Waals surface area (Å²) >= 11 is 0. The van der Waals surface area contributed by atoms with Crippen LogP contribution in [0, 0.1) is 0 Å². The fourth-order valence-corrected chi connectivity index (χ4v) is 1.33. The summed E-state index contributed by atoms with van der Waals surface area (Å²) in [5, 5.41) is 6.53. The Bertz CT molecular complexity index is 238. The van der Waals surface area contributed by atoms with Crippen molar-refractivity contribution in [3.05, 3.63) is 18.5 Å². The average molecular weight is 237 g/mol. The molecule has 0 amide bonds. The van der Waals surface area contributed by atoms with E-state index in [9.17, 15) is 0 Å². The zero-order valence-corrected chi connectivity index (χ0v) is 9.27. The monoisotopic (exact) mass is 236 g/mol. The van der Waals surface area contributed by atoms with E-state index in [4.69, 9.17) is 0 Å². The largest absolute Gasteiger partial charge is 0.350 e. The predicted molar refractivity (Wildman–Crippen MR) is 61.4 cm³/mol. The van der Waals surface area contributed by atoms with Crippen LogP contribution in [-0.4, -0.2) is 29.1 Å². The highest BCUT2D eigenvalue weighted by Crippen LogP contribution is 2.04. The minimum atomic E-state index is 0. The summed E-state index contributed by atoms with van der Waals surface area (Å²) in [4.78, 5) is 8.18. The zero-order valence-electron chi connectivity index (χ0n) is 7.64. The first-order valence-corrected chi connectivity index (χ1v) is 4.19. The Morgan fingerprint density at radius 3 is 2.57 bits per heavy atom. The van der Waals surface area contributed by atoms with Gasteiger partial charge in [0.2, 0.25) is 5.95 Å². The SMILES string of the molecule is Cl.Cl.c1cnc(NC2CCNC2)nc1. The van der Waals surface area contributed by atoms with Crippen LogP contribution in [-0.2, 0) is 0 Å². The van der Waals surface area contributed by atoms with Crippen molar-refractivity contribution in [3.8, 4) is 0 Å². The number of hydrogen-bond acceptors (Lipinski definition) is 4. The van der Waals surface area contributed by atoms with Gasteiger partial charge < -0.3 is 10.6 Å². The molecule has 6 heteroatoms. The third-order valence-corrected chi connectivity index (χ3v) is 1.96. The molecule has 1 aromatic rings. The molecule has 2 rings (SSSR count). The lowest BCUT2D eigenvalue weighted by atomic mass is 10.3. The van der Waals surface area contributed by atoms with E-state index in [-0.39, 0.29) is 24.8 Å². The zero-order chi connectivity index (χ0) is 8.23. The minimum absolute atomic E-state index is 0. The van der Waals surface area contributed by atoms with Gasteiger partial charge in [0, 0.05) is 25.0 Å². The third kappa shape index (κ3) is 3.65. The molecule has 4 nitrogen and oxygen atoms in total. The number of rotatable bonds is 2. The number of nitrogens with zero attached hydrogens (tertiary/aromatic N) is 2. The Morgan fingerprint density at radius 1 is 1.29 bits per heavy atom. The van der Waals surface area contributed by atoms with Crippen LogP contribution in [0.15, 0.2) is 18.5 Å². The van der Waals surface area contributed by atoms with Crippen molar-refractivity contribution in [1.29, 1.82) is 0 Å². The summed E-state index contributed by atoms with van der Waals surface area (Å²) in [5.41, 5.74) is 0. The maximum atomic E-state index is 4.09. The predicted octanol–water partition coefficient (Wildman–Crippen LogP) is 1.09. The Kier molecular flexibility index (Phi) is 6.53. The maximum Gasteiger partial charge on any atom is 0.222 e. The van der Waals surface area contributed by atoms with Gasteiger partial charge >= 0.3 is 0 Å². The quantitative estimate of drug-likeness (QED) is 0.808. The highest BCUT2D eigenvalue weighted by molar-refractivity contribution is 5.85. The van der Waals surface area contributed by atoms with Gasteiger partial charge in [-0.1, -0.05) is 0 Å². The molecule has 1 aromatic heterocycles. The molecule has 1 atom stereocenters. The van der Waals surface area contributed by atoms with Gasteiger partial charge in [-0.2, -0.15) is 0 Å². The number of nitrogens with one attached hydrogen (secondary N) is 2. The molecule has 1 aliphatic heterocycles. The van der Waals surface area contributed by atoms with E-state index in [1.54, 1.807) is 12.4 Å². The summed E-state index contributed by atoms with van der Waals surface area (Å²) in [7, 11) is 0. The summed E-state index contributed by atoms with van der Waals surface area (Å²) in [6.45, 7) is 2.10. The Hall–Kier alpha value is -0.580. The Morgan fingerprint density at radius 2 is 2.00 bits per heavy atom. The summed E-state index contributed by atoms with van der Waals surface area (Å²) < 4.78 is 0. The number of halogens is 2. The molecule has 0 saturated carbocycles. The molecule has 80 valence electrons. The smallest absolute Gasteiger partial charge is 0.222 e. The highest BCUT2D eigenvalue weighted by Gasteiger charge is 2.14. The molecule has 1 fully saturated rings. The van der Waals surface area contributed by atoms with E-state index >= 15 is 0 Å². The first-order valence-electron chi connectivity index (χ1n) is 4.19. The van der Waals surface area contributed by atoms with Crippen LogP contribution in [0.3, 0.4) is 0 Å². The topological polar surface area (TPSA) is 49.8 Å². The van der Waals surface area contributed by atoms with Gasteiger partial charge in [0.15, 0.2) is 0 Å². The lowest BCUT2D eigenvalue weighted by molar-refractivity contribution is 0.780. The Balaban J connectivity index is 0.000000845. The van der Waals surface area contributed by atoms with Crippen LogP contribution in [0.5, 0.6) is 0 Å². The number of hydrogen-bond donors (Lipinski definition) is 2. The third-order valence-electron chi connectivity index (χ3n) is 1.96. The molecule has 2 N–H and O–H groups in total. The van der Waals surface area contributed by atoms with Crippen LogP contribution in [0.25, 0.3) is 0 Å². The van der Waals surface area contributed by atoms with Crippen molar-refractivity contribution in [2.24, 2.45) is 0 Å². The van der Waals surface area contributed by atoms with Crippen molar-refractivity contribution in [2.45, 2.75) is 12.5 Å². The van der Waals surface area contributed by atoms with Gasteiger partial charge in [-0.3, -0.25) is 0 Å². The van der Waals surface area contributed by atoms with Crippen LogP contribution >= 0.6 is 24.8 Å². The van der Waals surface area contributed by atoms with Crippen LogP contribution in [0.4, 0.5) is 5.95 Å². The molecule has 0 bridgehead atoms. The number of aromatic nitrogens is 2. The van der Waals surface area contributed by atoms with E-state index in [1.165, 1.54) is 0 Å². The number of anilines is 1. The van der Waals surface area contributed by atoms with E-state index in [0.717, 1.165) is 25.5 Å². The van der Waals surface area contributed by atoms with Crippen LogP contribution in [0.2, 0.25) is 0 Å². The van der Waals surface area contributed by atoms with E-state index in [0.29, 0.717) is 6.04 Å². The fraction of sp³-hybridized carbons (Fsp3) is 0.500. The van der Waals surface area contributed by atoms with Crippen molar-refractivity contribution < 1.29 is 0 Å². The lowest BCUT2D eigenvalue weighted by Crippen LogP contribution is -2.23. The van der Waals surface area contributed by atoms with Gasteiger partial charge in [-0.25, -0.2) is 9.97 Å². The fourth-order valence-electron chi connectivity index (χ4n) is 1.33.